The van der Waals surface area contributed by atoms with Crippen LogP contribution in [0.2, 0.25) is 0 Å². The highest BCUT2D eigenvalue weighted by Crippen LogP contribution is 1.18. The van der Waals surface area contributed by atoms with Crippen molar-refractivity contribution in [1.29, 1.82) is 0 Å². The van der Waals surface area contributed by atoms with Crippen LogP contribution in [-0.4, -0.2) is 7.41 Å². The summed E-state index contributed by atoms with van der Waals surface area (Å²) in [6.07, 6.45) is 4.60. The molecule has 0 heterocycles. The van der Waals surface area contributed by atoms with Crippen molar-refractivity contribution in [2.75, 3.05) is 0 Å². The fourth-order valence-corrected chi connectivity index (χ4v) is 0. The van der Waals surface area contributed by atoms with Gasteiger partial charge in [0, 0.05) is 0 Å². The van der Waals surface area contributed by atoms with E-state index in [9.17, 15) is 0 Å². The monoisotopic (exact) mass is 52.0 g/mol. The first kappa shape index (κ1) is 3.58. The van der Waals surface area contributed by atoms with Crippen LogP contribution < -0.4 is 5.64 Å². The molecule has 0 aliphatic carbocycles. The summed E-state index contributed by atoms with van der Waals surface area (Å²) in [5, 5.41) is 0. The summed E-state index contributed by atoms with van der Waals surface area (Å²) in [7, 11) is 1.15. The van der Waals surface area contributed by atoms with E-state index in [-0.39, 0.29) is 0 Å². The van der Waals surface area contributed by atoms with Crippen molar-refractivity contribution < 1.29 is 0 Å². The minimum atomic E-state index is 1.15. The van der Waals surface area contributed by atoms with E-state index in [1.54, 1.807) is 0 Å². The second kappa shape index (κ2) is 2.58. The number of terminal acetylenes is 1. The van der Waals surface area contributed by atoms with Gasteiger partial charge in [0.25, 0.3) is 0 Å². The standard InChI is InChI=1S/C2H3BN/c1-2-3-4/h1H,4H2. The zero-order valence-electron chi connectivity index (χ0n) is 2.23. The van der Waals surface area contributed by atoms with Gasteiger partial charge in [0.15, 0.2) is 0 Å². The molecule has 0 saturated heterocycles. The van der Waals surface area contributed by atoms with Crippen molar-refractivity contribution in [3.05, 3.63) is 0 Å². The summed E-state index contributed by atoms with van der Waals surface area (Å²) in [4.78, 5) is 0. The Balaban J connectivity index is 2.43. The van der Waals surface area contributed by atoms with E-state index in [1.165, 1.54) is 0 Å². The minimum Gasteiger partial charge on any atom is -0.363 e. The van der Waals surface area contributed by atoms with Gasteiger partial charge < -0.3 is 5.64 Å². The van der Waals surface area contributed by atoms with E-state index in [0.717, 1.165) is 7.41 Å². The third kappa shape index (κ3) is 1.58. The number of hydrogen-bond acceptors (Lipinski definition) is 1. The van der Waals surface area contributed by atoms with Crippen LogP contribution in [0.5, 0.6) is 0 Å². The molecule has 0 aliphatic rings. The third-order valence-electron chi connectivity index (χ3n) is 0.0962. The van der Waals surface area contributed by atoms with Gasteiger partial charge in [-0.1, -0.05) is 0 Å². The molecular formula is C2H3BN. The summed E-state index contributed by atoms with van der Waals surface area (Å²) >= 11 is 0. The Morgan fingerprint density at radius 3 is 2.25 bits per heavy atom. The Morgan fingerprint density at radius 2 is 2.25 bits per heavy atom. The highest BCUT2D eigenvalue weighted by molar-refractivity contribution is 6.41. The topological polar surface area (TPSA) is 26.0 Å². The normalized spacial score (nSPS) is 4.00. The molecule has 0 amide bonds. The van der Waals surface area contributed by atoms with E-state index in [2.05, 4.69) is 17.9 Å². The van der Waals surface area contributed by atoms with Gasteiger partial charge >= 0.3 is 7.41 Å². The largest absolute Gasteiger partial charge is 0.363 e. The van der Waals surface area contributed by atoms with Crippen molar-refractivity contribution in [1.82, 2.24) is 0 Å². The van der Waals surface area contributed by atoms with Gasteiger partial charge in [-0.3, -0.25) is 0 Å². The summed E-state index contributed by atoms with van der Waals surface area (Å²) in [5.74, 6) is 2.08. The molecular weight excluding hydrogens is 48.8 g/mol. The molecule has 0 aromatic rings. The summed E-state index contributed by atoms with van der Waals surface area (Å²) in [5.41, 5.74) is 4.67. The lowest BCUT2D eigenvalue weighted by atomic mass is 10.0. The number of rotatable bonds is 0. The van der Waals surface area contributed by atoms with Crippen LogP contribution in [0.4, 0.5) is 0 Å². The lowest BCUT2D eigenvalue weighted by Gasteiger charge is -1.49. The maximum atomic E-state index is 4.67. The molecule has 0 rings (SSSR count). The molecule has 2 heteroatoms. The molecule has 19 valence electrons. The molecule has 0 aromatic heterocycles. The van der Waals surface area contributed by atoms with Crippen LogP contribution in [0, 0.1) is 12.2 Å². The molecule has 0 aliphatic heterocycles. The van der Waals surface area contributed by atoms with E-state index in [1.807, 2.05) is 0 Å². The molecule has 0 bridgehead atoms. The van der Waals surface area contributed by atoms with Gasteiger partial charge in [0.2, 0.25) is 0 Å². The van der Waals surface area contributed by atoms with Crippen molar-refractivity contribution in [3.63, 3.8) is 0 Å². The number of hydrogen-bond donors (Lipinski definition) is 1. The first-order valence-corrected chi connectivity index (χ1v) is 0.911. The minimum absolute atomic E-state index is 1.15. The SMILES string of the molecule is C#C[B]N. The molecule has 0 atom stereocenters. The van der Waals surface area contributed by atoms with E-state index < -0.39 is 0 Å². The Kier molecular flexibility index (Phi) is 2.32. The zero-order valence-corrected chi connectivity index (χ0v) is 2.23. The Labute approximate surface area is 26.5 Å². The molecule has 0 fully saturated rings. The maximum absolute atomic E-state index is 4.67. The van der Waals surface area contributed by atoms with Crippen molar-refractivity contribution in [2.45, 2.75) is 0 Å². The van der Waals surface area contributed by atoms with E-state index in [0.29, 0.717) is 0 Å². The van der Waals surface area contributed by atoms with Gasteiger partial charge in [-0.25, -0.2) is 0 Å². The Bertz CT molecular complexity index is 35.8. The Hall–Kier alpha value is -0.415. The summed E-state index contributed by atoms with van der Waals surface area (Å²) in [6, 6.07) is 0. The maximum Gasteiger partial charge on any atom is 0.306 e. The second-order valence-corrected chi connectivity index (χ2v) is 0.333. The lowest BCUT2D eigenvalue weighted by molar-refractivity contribution is 1.95. The van der Waals surface area contributed by atoms with E-state index >= 15 is 0 Å². The number of nitrogens with two attached hydrogens (primary N) is 1. The Morgan fingerprint density at radius 1 is 2.00 bits per heavy atom. The molecule has 4 heavy (non-hydrogen) atoms. The van der Waals surface area contributed by atoms with Gasteiger partial charge in [-0.2, -0.15) is 0 Å². The van der Waals surface area contributed by atoms with Crippen molar-refractivity contribution in [2.24, 2.45) is 5.64 Å². The van der Waals surface area contributed by atoms with Gasteiger partial charge in [0.05, 0.1) is 0 Å². The summed E-state index contributed by atoms with van der Waals surface area (Å²) in [6.45, 7) is 0. The lowest BCUT2D eigenvalue weighted by Crippen LogP contribution is -1.98. The van der Waals surface area contributed by atoms with Crippen LogP contribution in [0.15, 0.2) is 0 Å². The fourth-order valence-electron chi connectivity index (χ4n) is 0. The van der Waals surface area contributed by atoms with Gasteiger partial charge in [-0.15, -0.1) is 12.2 Å². The van der Waals surface area contributed by atoms with Crippen LogP contribution >= 0.6 is 0 Å². The molecule has 0 saturated carbocycles. The quantitative estimate of drug-likeness (QED) is 0.282. The fraction of sp³-hybridized carbons (Fsp3) is 0. The van der Waals surface area contributed by atoms with Crippen molar-refractivity contribution in [3.8, 4) is 12.2 Å². The average Bonchev–Trinajstić information content (AvgIpc) is 1.37. The predicted octanol–water partition coefficient (Wildman–Crippen LogP) is -0.845. The molecule has 0 aromatic carbocycles. The molecule has 0 unspecified atom stereocenters. The van der Waals surface area contributed by atoms with Crippen LogP contribution in [0.1, 0.15) is 0 Å². The molecule has 2 N–H and O–H groups in total. The first-order chi connectivity index (χ1) is 1.91. The summed E-state index contributed by atoms with van der Waals surface area (Å²) < 4.78 is 0. The first-order valence-electron chi connectivity index (χ1n) is 0.911. The molecule has 0 spiro atoms. The zero-order chi connectivity index (χ0) is 3.41. The third-order valence-corrected chi connectivity index (χ3v) is 0.0962. The average molecular weight is 51.9 g/mol. The van der Waals surface area contributed by atoms with Crippen LogP contribution in [0.3, 0.4) is 0 Å². The molecule has 1 nitrogen and oxygen atoms in total. The van der Waals surface area contributed by atoms with Gasteiger partial charge in [0.1, 0.15) is 0 Å². The molecule has 1 radical (unpaired) electrons. The van der Waals surface area contributed by atoms with Crippen molar-refractivity contribution >= 4 is 7.41 Å². The second-order valence-electron chi connectivity index (χ2n) is 0.333. The highest BCUT2D eigenvalue weighted by atomic mass is 14.3. The van der Waals surface area contributed by atoms with Crippen LogP contribution in [0.25, 0.3) is 0 Å². The predicted molar refractivity (Wildman–Crippen MR) is 18.8 cm³/mol. The van der Waals surface area contributed by atoms with E-state index in [4.69, 9.17) is 0 Å². The highest BCUT2D eigenvalue weighted by Gasteiger charge is 1.52. The van der Waals surface area contributed by atoms with Gasteiger partial charge in [-0.05, 0) is 0 Å². The smallest absolute Gasteiger partial charge is 0.306 e. The van der Waals surface area contributed by atoms with Crippen LogP contribution in [-0.2, 0) is 0 Å².